The predicted octanol–water partition coefficient (Wildman–Crippen LogP) is 14.0. The molecule has 0 bridgehead atoms. The number of allylic oxidation sites excluding steroid dienone is 11. The number of unbranched alkanes of at least 4 members (excludes halogenated alkanes) is 28. The van der Waals surface area contributed by atoms with Gasteiger partial charge in [-0.2, -0.15) is 0 Å². The van der Waals surface area contributed by atoms with Gasteiger partial charge >= 0.3 is 5.97 Å². The molecule has 6 N–H and O–H groups in total. The Morgan fingerprint density at radius 3 is 1.58 bits per heavy atom. The first-order chi connectivity index (χ1) is 36.2. The highest BCUT2D eigenvalue weighted by molar-refractivity contribution is 5.80. The third-order valence-electron chi connectivity index (χ3n) is 13.9. The van der Waals surface area contributed by atoms with Gasteiger partial charge in [-0.15, -0.1) is 0 Å². The van der Waals surface area contributed by atoms with Crippen LogP contribution in [-0.4, -0.2) is 99.6 Å². The molecule has 11 nitrogen and oxygen atoms in total. The normalized spacial score (nSPS) is 19.8. The minimum absolute atomic E-state index is 0.107. The van der Waals surface area contributed by atoms with Crippen molar-refractivity contribution in [3.63, 3.8) is 0 Å². The van der Waals surface area contributed by atoms with Crippen LogP contribution in [0.2, 0.25) is 0 Å². The molecule has 0 saturated carbocycles. The Balaban J connectivity index is 2.70. The molecule has 0 aromatic carbocycles. The Morgan fingerprint density at radius 1 is 0.554 bits per heavy atom. The molecule has 11 heteroatoms. The lowest BCUT2D eigenvalue weighted by molar-refractivity contribution is -0.305. The number of esters is 1. The van der Waals surface area contributed by atoms with Crippen molar-refractivity contribution in [1.82, 2.24) is 5.32 Å². The average molecular weight is 1040 g/mol. The minimum Gasteiger partial charge on any atom is -0.454 e. The Kier molecular flexibility index (Phi) is 47.5. The lowest BCUT2D eigenvalue weighted by Crippen LogP contribution is -2.61. The summed E-state index contributed by atoms with van der Waals surface area (Å²) in [7, 11) is 0. The first-order valence-electron chi connectivity index (χ1n) is 30.2. The van der Waals surface area contributed by atoms with Crippen LogP contribution in [0.4, 0.5) is 0 Å². The van der Waals surface area contributed by atoms with Crippen molar-refractivity contribution in [2.75, 3.05) is 13.2 Å². The SMILES string of the molecule is CC/C=C/C=C/C=C/CCCCCCCCCC(=O)OC1C(OCC(NC(=O)C(O)CCCCCCCCCC/C=C\C/C=C\CCCCC)C(O)/C=C/CCCCCCCCCCCC)OC(CO)C(O)C1O. The average Bonchev–Trinajstić information content (AvgIpc) is 3.40. The smallest absolute Gasteiger partial charge is 0.306 e. The molecule has 0 spiro atoms. The summed E-state index contributed by atoms with van der Waals surface area (Å²) in [5.74, 6) is -1.21. The molecule has 1 saturated heterocycles. The molecule has 1 amide bonds. The van der Waals surface area contributed by atoms with Gasteiger partial charge in [0, 0.05) is 6.42 Å². The van der Waals surface area contributed by atoms with Crippen LogP contribution in [0, 0.1) is 0 Å². The third kappa shape index (κ3) is 38.6. The summed E-state index contributed by atoms with van der Waals surface area (Å²) in [4.78, 5) is 26.5. The van der Waals surface area contributed by atoms with Crippen molar-refractivity contribution >= 4 is 11.9 Å². The van der Waals surface area contributed by atoms with E-state index in [0.717, 1.165) is 103 Å². The highest BCUT2D eigenvalue weighted by Gasteiger charge is 2.47. The van der Waals surface area contributed by atoms with Crippen LogP contribution in [-0.2, 0) is 23.8 Å². The summed E-state index contributed by atoms with van der Waals surface area (Å²) in [6, 6.07) is -1.03. The van der Waals surface area contributed by atoms with E-state index in [0.29, 0.717) is 12.8 Å². The largest absolute Gasteiger partial charge is 0.454 e. The molecule has 1 aliphatic heterocycles. The van der Waals surface area contributed by atoms with Crippen molar-refractivity contribution < 1.29 is 49.3 Å². The molecule has 428 valence electrons. The zero-order valence-electron chi connectivity index (χ0n) is 47.2. The lowest BCUT2D eigenvalue weighted by Gasteiger charge is -2.41. The maximum atomic E-state index is 13.4. The standard InChI is InChI=1S/C63H111NO10/c1-4-7-10-13-16-19-22-25-27-28-29-31-32-35-38-41-44-47-50-56(67)62(71)64-54(55(66)49-46-43-40-37-34-24-21-18-15-12-9-6-3)53-72-63-61(60(70)59(69)57(52-65)73-63)74-58(68)51-48-45-42-39-36-33-30-26-23-20-17-14-11-8-5-2/h8,11,14,16-17,19-20,23,25,27,46,49,54-57,59-61,63,65-67,69-70H,4-7,9-10,12-13,15,18,21-22,24,26,28-45,47-48,50-53H2,1-3H3,(H,64,71)/b11-8+,17-14+,19-16-,23-20+,27-25-,49-46+. The second-order valence-corrected chi connectivity index (χ2v) is 20.8. The van der Waals surface area contributed by atoms with Gasteiger partial charge in [-0.25, -0.2) is 0 Å². The van der Waals surface area contributed by atoms with Gasteiger partial charge in [0.1, 0.15) is 24.4 Å². The second-order valence-electron chi connectivity index (χ2n) is 20.8. The van der Waals surface area contributed by atoms with Crippen LogP contribution >= 0.6 is 0 Å². The van der Waals surface area contributed by atoms with Gasteiger partial charge in [0.15, 0.2) is 12.4 Å². The van der Waals surface area contributed by atoms with E-state index in [1.807, 2.05) is 12.2 Å². The first-order valence-corrected chi connectivity index (χ1v) is 30.2. The lowest BCUT2D eigenvalue weighted by atomic mass is 9.99. The molecule has 74 heavy (non-hydrogen) atoms. The summed E-state index contributed by atoms with van der Waals surface area (Å²) in [5, 5.41) is 56.9. The van der Waals surface area contributed by atoms with Gasteiger partial charge in [0.25, 0.3) is 0 Å². The van der Waals surface area contributed by atoms with E-state index in [1.54, 1.807) is 6.08 Å². The van der Waals surface area contributed by atoms with E-state index < -0.39 is 67.4 Å². The molecule has 8 unspecified atom stereocenters. The zero-order valence-corrected chi connectivity index (χ0v) is 47.2. The molecule has 0 aliphatic carbocycles. The van der Waals surface area contributed by atoms with Crippen LogP contribution in [0.3, 0.4) is 0 Å². The molecular weight excluding hydrogens is 931 g/mol. The monoisotopic (exact) mass is 1040 g/mol. The number of aliphatic hydroxyl groups excluding tert-OH is 5. The summed E-state index contributed by atoms with van der Waals surface area (Å²) < 4.78 is 17.6. The summed E-state index contributed by atoms with van der Waals surface area (Å²) in [5.41, 5.74) is 0. The van der Waals surface area contributed by atoms with Crippen LogP contribution in [0.5, 0.6) is 0 Å². The minimum atomic E-state index is -1.62. The molecule has 1 rings (SSSR count). The fourth-order valence-corrected chi connectivity index (χ4v) is 9.09. The Labute approximate surface area is 451 Å². The van der Waals surface area contributed by atoms with Crippen molar-refractivity contribution in [2.45, 2.75) is 301 Å². The molecule has 0 aromatic rings. The van der Waals surface area contributed by atoms with E-state index in [2.05, 4.69) is 80.8 Å². The van der Waals surface area contributed by atoms with Gasteiger partial charge in [-0.3, -0.25) is 9.59 Å². The Hall–Kier alpha value is -2.90. The number of carbonyl (C=O) groups excluding carboxylic acids is 2. The topological polar surface area (TPSA) is 175 Å². The first kappa shape index (κ1) is 69.1. The number of aliphatic hydroxyl groups is 5. The Bertz CT molecular complexity index is 1480. The van der Waals surface area contributed by atoms with Crippen LogP contribution < -0.4 is 5.32 Å². The number of rotatable bonds is 50. The molecule has 8 atom stereocenters. The number of carbonyl (C=O) groups is 2. The van der Waals surface area contributed by atoms with E-state index in [-0.39, 0.29) is 19.4 Å². The summed E-state index contributed by atoms with van der Waals surface area (Å²) in [6.07, 6.45) is 53.6. The predicted molar refractivity (Wildman–Crippen MR) is 306 cm³/mol. The molecule has 0 aromatic heterocycles. The van der Waals surface area contributed by atoms with Crippen molar-refractivity contribution in [1.29, 1.82) is 0 Å². The number of nitrogens with one attached hydrogen (secondary N) is 1. The number of amides is 1. The van der Waals surface area contributed by atoms with Crippen LogP contribution in [0.1, 0.15) is 252 Å². The number of ether oxygens (including phenoxy) is 3. The van der Waals surface area contributed by atoms with Crippen molar-refractivity contribution in [3.8, 4) is 0 Å². The van der Waals surface area contributed by atoms with Crippen molar-refractivity contribution in [2.24, 2.45) is 0 Å². The molecule has 1 heterocycles. The van der Waals surface area contributed by atoms with E-state index >= 15 is 0 Å². The number of hydrogen-bond donors (Lipinski definition) is 6. The van der Waals surface area contributed by atoms with E-state index in [4.69, 9.17) is 14.2 Å². The molecular formula is C63H111NO10. The van der Waals surface area contributed by atoms with Gasteiger partial charge in [0.2, 0.25) is 5.91 Å². The third-order valence-corrected chi connectivity index (χ3v) is 13.9. The van der Waals surface area contributed by atoms with E-state index in [9.17, 15) is 35.1 Å². The maximum absolute atomic E-state index is 13.4. The van der Waals surface area contributed by atoms with Gasteiger partial charge < -0.3 is 45.1 Å². The summed E-state index contributed by atoms with van der Waals surface area (Å²) in [6.45, 7) is 5.62. The van der Waals surface area contributed by atoms with Crippen molar-refractivity contribution in [3.05, 3.63) is 72.9 Å². The van der Waals surface area contributed by atoms with E-state index in [1.165, 1.54) is 103 Å². The quantitative estimate of drug-likeness (QED) is 0.0149. The maximum Gasteiger partial charge on any atom is 0.306 e. The van der Waals surface area contributed by atoms with Gasteiger partial charge in [0.05, 0.1) is 25.4 Å². The summed E-state index contributed by atoms with van der Waals surface area (Å²) >= 11 is 0. The van der Waals surface area contributed by atoms with Gasteiger partial charge in [-0.05, 0) is 77.0 Å². The Morgan fingerprint density at radius 2 is 1.03 bits per heavy atom. The van der Waals surface area contributed by atoms with Gasteiger partial charge in [-0.1, -0.05) is 241 Å². The fraction of sp³-hybridized carbons (Fsp3) is 0.778. The van der Waals surface area contributed by atoms with Crippen LogP contribution in [0.25, 0.3) is 0 Å². The zero-order chi connectivity index (χ0) is 54.0. The molecule has 1 fully saturated rings. The van der Waals surface area contributed by atoms with Crippen LogP contribution in [0.15, 0.2) is 72.9 Å². The highest BCUT2D eigenvalue weighted by atomic mass is 16.7. The fourth-order valence-electron chi connectivity index (χ4n) is 9.09. The highest BCUT2D eigenvalue weighted by Crippen LogP contribution is 2.26. The molecule has 0 radical (unpaired) electrons. The molecule has 1 aliphatic rings. The second kappa shape index (κ2) is 50.9. The number of hydrogen-bond acceptors (Lipinski definition) is 10.